The fourth-order valence-corrected chi connectivity index (χ4v) is 1.91. The van der Waals surface area contributed by atoms with Crippen molar-refractivity contribution in [2.45, 2.75) is 19.3 Å². The topological polar surface area (TPSA) is 77.8 Å². The lowest BCUT2D eigenvalue weighted by molar-refractivity contribution is -0.137. The van der Waals surface area contributed by atoms with Crippen LogP contribution in [0.5, 0.6) is 11.5 Å². The normalized spacial score (nSPS) is 10.8. The molecular formula is C13H20INO4. The maximum Gasteiger partial charge on any atom is 0.303 e. The molecule has 19 heavy (non-hydrogen) atoms. The highest BCUT2D eigenvalue weighted by Gasteiger charge is 2.24. The first kappa shape index (κ1) is 18.0. The van der Waals surface area contributed by atoms with Gasteiger partial charge in [-0.05, 0) is 18.9 Å². The molecule has 0 aliphatic carbocycles. The van der Waals surface area contributed by atoms with Gasteiger partial charge in [-0.25, -0.2) is 0 Å². The number of carbonyl (C=O) groups is 1. The van der Waals surface area contributed by atoms with Crippen LogP contribution < -0.4 is 28.5 Å². The van der Waals surface area contributed by atoms with E-state index in [2.05, 4.69) is 0 Å². The van der Waals surface area contributed by atoms with Crippen molar-refractivity contribution < 1.29 is 44.1 Å². The Morgan fingerprint density at radius 2 is 1.84 bits per heavy atom. The van der Waals surface area contributed by atoms with E-state index in [1.54, 1.807) is 12.1 Å². The van der Waals surface area contributed by atoms with E-state index in [0.29, 0.717) is 23.1 Å². The smallest absolute Gasteiger partial charge is 0.303 e. The van der Waals surface area contributed by atoms with Gasteiger partial charge < -0.3 is 39.3 Å². The highest BCUT2D eigenvalue weighted by atomic mass is 127. The van der Waals surface area contributed by atoms with Crippen LogP contribution in [0.2, 0.25) is 0 Å². The molecule has 0 atom stereocenters. The van der Waals surface area contributed by atoms with Crippen molar-refractivity contribution >= 4 is 11.7 Å². The number of nitrogens with zero attached hydrogens (tertiary/aromatic N) is 1. The Kier molecular flexibility index (Phi) is 7.14. The molecule has 6 heteroatoms. The Labute approximate surface area is 130 Å². The number of benzene rings is 1. The maximum absolute atomic E-state index is 10.4. The second-order valence-corrected chi connectivity index (χ2v) is 4.90. The third kappa shape index (κ3) is 5.23. The summed E-state index contributed by atoms with van der Waals surface area (Å²) in [6, 6.07) is 4.87. The van der Waals surface area contributed by atoms with Gasteiger partial charge in [-0.15, -0.1) is 0 Å². The summed E-state index contributed by atoms with van der Waals surface area (Å²) in [6.07, 6.45) is 1.51. The Balaban J connectivity index is 0.00000324. The molecule has 0 amide bonds. The molecule has 1 aromatic rings. The van der Waals surface area contributed by atoms with E-state index in [1.165, 1.54) is 6.07 Å². The molecule has 0 radical (unpaired) electrons. The van der Waals surface area contributed by atoms with Crippen molar-refractivity contribution in [3.63, 3.8) is 0 Å². The van der Waals surface area contributed by atoms with Crippen LogP contribution in [-0.2, 0) is 4.79 Å². The van der Waals surface area contributed by atoms with E-state index in [1.807, 2.05) is 14.1 Å². The summed E-state index contributed by atoms with van der Waals surface area (Å²) in [5, 5.41) is 27.9. The number of hydrogen-bond acceptors (Lipinski definition) is 3. The largest absolute Gasteiger partial charge is 1.00 e. The van der Waals surface area contributed by atoms with Crippen LogP contribution in [0.3, 0.4) is 0 Å². The molecule has 0 aromatic heterocycles. The maximum atomic E-state index is 10.4. The van der Waals surface area contributed by atoms with Crippen LogP contribution in [0.15, 0.2) is 18.2 Å². The minimum absolute atomic E-state index is 0. The first-order chi connectivity index (χ1) is 8.34. The summed E-state index contributed by atoms with van der Waals surface area (Å²) < 4.78 is 0.403. The number of phenols is 2. The number of aromatic hydroxyl groups is 2. The van der Waals surface area contributed by atoms with Gasteiger partial charge in [-0.3, -0.25) is 9.28 Å². The van der Waals surface area contributed by atoms with Gasteiger partial charge in [-0.1, -0.05) is 6.07 Å². The first-order valence-corrected chi connectivity index (χ1v) is 5.91. The molecule has 3 N–H and O–H groups in total. The van der Waals surface area contributed by atoms with E-state index in [-0.39, 0.29) is 41.9 Å². The lowest BCUT2D eigenvalue weighted by Gasteiger charge is -2.29. The molecule has 108 valence electrons. The summed E-state index contributed by atoms with van der Waals surface area (Å²) in [5.74, 6) is -1.04. The molecule has 0 aliphatic rings. The van der Waals surface area contributed by atoms with E-state index in [0.717, 1.165) is 6.42 Å². The van der Waals surface area contributed by atoms with Gasteiger partial charge in [0, 0.05) is 12.5 Å². The van der Waals surface area contributed by atoms with Gasteiger partial charge in [-0.2, -0.15) is 0 Å². The minimum Gasteiger partial charge on any atom is -1.00 e. The van der Waals surface area contributed by atoms with Crippen LogP contribution in [0, 0.1) is 0 Å². The lowest BCUT2D eigenvalue weighted by Crippen LogP contribution is -3.00. The summed E-state index contributed by atoms with van der Waals surface area (Å²) in [5.41, 5.74) is 0.630. The molecule has 0 spiro atoms. The zero-order valence-corrected chi connectivity index (χ0v) is 13.3. The number of unbranched alkanes of at least 4 members (excludes halogenated alkanes) is 1. The number of quaternary nitrogens is 1. The number of hydrogen-bond donors (Lipinski definition) is 3. The number of halogens is 1. The monoisotopic (exact) mass is 381 g/mol. The van der Waals surface area contributed by atoms with E-state index < -0.39 is 5.97 Å². The third-order valence-corrected chi connectivity index (χ3v) is 3.00. The second kappa shape index (κ2) is 7.54. The summed E-state index contributed by atoms with van der Waals surface area (Å²) in [7, 11) is 3.82. The van der Waals surface area contributed by atoms with Crippen molar-refractivity contribution in [3.05, 3.63) is 18.2 Å². The van der Waals surface area contributed by atoms with Crippen LogP contribution in [0.1, 0.15) is 19.3 Å². The Bertz CT molecular complexity index is 435. The van der Waals surface area contributed by atoms with Crippen molar-refractivity contribution in [2.24, 2.45) is 0 Å². The molecule has 0 saturated heterocycles. The Morgan fingerprint density at radius 1 is 1.21 bits per heavy atom. The summed E-state index contributed by atoms with van der Waals surface area (Å²) in [6.45, 7) is 0.699. The molecule has 0 aliphatic heterocycles. The number of rotatable bonds is 6. The third-order valence-electron chi connectivity index (χ3n) is 3.00. The zero-order chi connectivity index (χ0) is 13.8. The average molecular weight is 381 g/mol. The van der Waals surface area contributed by atoms with E-state index >= 15 is 0 Å². The Hall–Kier alpha value is -1.02. The predicted octanol–water partition coefficient (Wildman–Crippen LogP) is -1.08. The van der Waals surface area contributed by atoms with Gasteiger partial charge in [0.15, 0.2) is 11.4 Å². The van der Waals surface area contributed by atoms with Gasteiger partial charge in [0.1, 0.15) is 0 Å². The SMILES string of the molecule is C[N+](C)(CCCCC(=O)O)c1cccc(O)c1O.[I-]. The van der Waals surface area contributed by atoms with Crippen LogP contribution in [-0.4, -0.2) is 41.9 Å². The Morgan fingerprint density at radius 3 is 2.42 bits per heavy atom. The number of carboxylic acid groups (broad SMARTS) is 1. The predicted molar refractivity (Wildman–Crippen MR) is 69.8 cm³/mol. The van der Waals surface area contributed by atoms with Gasteiger partial charge in [0.25, 0.3) is 0 Å². The minimum atomic E-state index is -0.791. The summed E-state index contributed by atoms with van der Waals surface area (Å²) >= 11 is 0. The van der Waals surface area contributed by atoms with E-state index in [4.69, 9.17) is 5.11 Å². The van der Waals surface area contributed by atoms with Crippen molar-refractivity contribution in [3.8, 4) is 11.5 Å². The molecule has 0 heterocycles. The first-order valence-electron chi connectivity index (χ1n) is 5.91. The number of aliphatic carboxylic acids is 1. The molecule has 0 saturated carbocycles. The lowest BCUT2D eigenvalue weighted by atomic mass is 10.2. The van der Waals surface area contributed by atoms with Crippen LogP contribution in [0.4, 0.5) is 5.69 Å². The highest BCUT2D eigenvalue weighted by molar-refractivity contribution is 5.66. The number of para-hydroxylation sites is 1. The summed E-state index contributed by atoms with van der Waals surface area (Å²) in [4.78, 5) is 10.4. The molecule has 0 unspecified atom stereocenters. The molecule has 5 nitrogen and oxygen atoms in total. The highest BCUT2D eigenvalue weighted by Crippen LogP contribution is 2.37. The van der Waals surface area contributed by atoms with Crippen LogP contribution in [0.25, 0.3) is 0 Å². The fraction of sp³-hybridized carbons (Fsp3) is 0.462. The molecular weight excluding hydrogens is 361 g/mol. The van der Waals surface area contributed by atoms with Gasteiger partial charge in [0.2, 0.25) is 5.75 Å². The number of phenolic OH excluding ortho intramolecular Hbond substituents is 2. The van der Waals surface area contributed by atoms with Crippen molar-refractivity contribution in [2.75, 3.05) is 20.6 Å². The fourth-order valence-electron chi connectivity index (χ4n) is 1.91. The van der Waals surface area contributed by atoms with Gasteiger partial charge in [0.05, 0.1) is 20.6 Å². The molecule has 1 rings (SSSR count). The van der Waals surface area contributed by atoms with Crippen LogP contribution >= 0.6 is 0 Å². The molecule has 0 fully saturated rings. The van der Waals surface area contributed by atoms with E-state index in [9.17, 15) is 15.0 Å². The van der Waals surface area contributed by atoms with Crippen molar-refractivity contribution in [1.82, 2.24) is 4.48 Å². The number of carboxylic acids is 1. The molecule has 0 bridgehead atoms. The second-order valence-electron chi connectivity index (χ2n) is 4.90. The van der Waals surface area contributed by atoms with Gasteiger partial charge >= 0.3 is 5.97 Å². The quantitative estimate of drug-likeness (QED) is 0.254. The average Bonchev–Trinajstić information content (AvgIpc) is 2.28. The van der Waals surface area contributed by atoms with Crippen molar-refractivity contribution in [1.29, 1.82) is 0 Å². The molecule has 1 aromatic carbocycles. The zero-order valence-electron chi connectivity index (χ0n) is 11.1. The standard InChI is InChI=1S/C13H19NO4.HI/c1-14(2,9-4-3-8-12(16)17)10-6-5-7-11(15)13(10)18;/h5-7H,3-4,8-9H2,1-2H3,(H2-,15,16,17,18);1H.